The summed E-state index contributed by atoms with van der Waals surface area (Å²) in [6.45, 7) is 5.86. The SMILES string of the molecule is CC(C)c1nnc(SCc2cc(=O)n3ccsc3n2)n1C[C@H]1CCCO1. The summed E-state index contributed by atoms with van der Waals surface area (Å²) in [5.74, 6) is 1.86. The maximum Gasteiger partial charge on any atom is 0.258 e. The molecule has 1 saturated heterocycles. The first kappa shape index (κ1) is 17.7. The smallest absolute Gasteiger partial charge is 0.258 e. The van der Waals surface area contributed by atoms with Crippen LogP contribution in [0, 0.1) is 0 Å². The molecule has 9 heteroatoms. The van der Waals surface area contributed by atoms with Gasteiger partial charge in [-0.3, -0.25) is 9.20 Å². The van der Waals surface area contributed by atoms with Gasteiger partial charge < -0.3 is 9.30 Å². The van der Waals surface area contributed by atoms with E-state index < -0.39 is 0 Å². The third-order valence-corrected chi connectivity index (χ3v) is 6.13. The van der Waals surface area contributed by atoms with Gasteiger partial charge in [0, 0.05) is 35.9 Å². The van der Waals surface area contributed by atoms with Crippen molar-refractivity contribution in [3.05, 3.63) is 39.5 Å². The third kappa shape index (κ3) is 3.56. The van der Waals surface area contributed by atoms with Gasteiger partial charge >= 0.3 is 0 Å². The fourth-order valence-electron chi connectivity index (χ4n) is 3.10. The van der Waals surface area contributed by atoms with Gasteiger partial charge in [-0.05, 0) is 12.8 Å². The van der Waals surface area contributed by atoms with Crippen LogP contribution in [-0.4, -0.2) is 36.9 Å². The maximum atomic E-state index is 12.1. The van der Waals surface area contributed by atoms with Crippen LogP contribution in [0.25, 0.3) is 4.96 Å². The van der Waals surface area contributed by atoms with E-state index in [4.69, 9.17) is 4.74 Å². The Morgan fingerprint density at radius 1 is 1.42 bits per heavy atom. The lowest BCUT2D eigenvalue weighted by Crippen LogP contribution is -2.18. The molecule has 0 N–H and O–H groups in total. The average Bonchev–Trinajstić information content (AvgIpc) is 3.34. The highest BCUT2D eigenvalue weighted by molar-refractivity contribution is 7.98. The summed E-state index contributed by atoms with van der Waals surface area (Å²) in [6.07, 6.45) is 4.17. The summed E-state index contributed by atoms with van der Waals surface area (Å²) >= 11 is 3.03. The van der Waals surface area contributed by atoms with Gasteiger partial charge in [-0.15, -0.1) is 21.5 Å². The summed E-state index contributed by atoms with van der Waals surface area (Å²) in [4.78, 5) is 17.4. The van der Waals surface area contributed by atoms with Gasteiger partial charge in [-0.1, -0.05) is 25.6 Å². The Morgan fingerprint density at radius 2 is 2.31 bits per heavy atom. The third-order valence-electron chi connectivity index (χ3n) is 4.38. The highest BCUT2D eigenvalue weighted by atomic mass is 32.2. The van der Waals surface area contributed by atoms with E-state index in [1.807, 2.05) is 5.38 Å². The van der Waals surface area contributed by atoms with Crippen LogP contribution >= 0.6 is 23.1 Å². The van der Waals surface area contributed by atoms with Gasteiger partial charge in [0.05, 0.1) is 18.3 Å². The second-order valence-electron chi connectivity index (χ2n) is 6.67. The van der Waals surface area contributed by atoms with E-state index in [2.05, 4.69) is 33.6 Å². The Bertz CT molecular complexity index is 956. The number of hydrogen-bond donors (Lipinski definition) is 0. The molecule has 4 rings (SSSR count). The summed E-state index contributed by atoms with van der Waals surface area (Å²) in [7, 11) is 0. The standard InChI is InChI=1S/C17H21N5O2S2/c1-11(2)15-19-20-17(22(15)9-13-4-3-6-24-13)26-10-12-8-14(23)21-5-7-25-16(21)18-12/h5,7-8,11,13H,3-4,6,9-10H2,1-2H3/t13-/m1/s1. The van der Waals surface area contributed by atoms with Crippen LogP contribution < -0.4 is 5.56 Å². The topological polar surface area (TPSA) is 74.3 Å². The molecule has 0 amide bonds. The molecule has 0 saturated carbocycles. The molecule has 0 radical (unpaired) electrons. The Balaban J connectivity index is 1.55. The van der Waals surface area contributed by atoms with Crippen molar-refractivity contribution in [3.63, 3.8) is 0 Å². The fraction of sp³-hybridized carbons (Fsp3) is 0.529. The van der Waals surface area contributed by atoms with Crippen molar-refractivity contribution in [3.8, 4) is 0 Å². The van der Waals surface area contributed by atoms with E-state index in [0.717, 1.165) is 47.6 Å². The first-order chi connectivity index (χ1) is 12.6. The molecule has 3 aromatic rings. The van der Waals surface area contributed by atoms with Crippen molar-refractivity contribution in [1.29, 1.82) is 0 Å². The van der Waals surface area contributed by atoms with Gasteiger partial charge in [0.1, 0.15) is 5.82 Å². The lowest BCUT2D eigenvalue weighted by atomic mass is 10.2. The van der Waals surface area contributed by atoms with Gasteiger partial charge in [-0.25, -0.2) is 4.98 Å². The molecule has 1 aliphatic rings. The van der Waals surface area contributed by atoms with E-state index in [1.54, 1.807) is 28.4 Å². The fourth-order valence-corrected chi connectivity index (χ4v) is 4.68. The first-order valence-electron chi connectivity index (χ1n) is 8.75. The second kappa shape index (κ2) is 7.50. The quantitative estimate of drug-likeness (QED) is 0.602. The molecule has 0 spiro atoms. The normalized spacial score (nSPS) is 17.6. The first-order valence-corrected chi connectivity index (χ1v) is 10.6. The monoisotopic (exact) mass is 391 g/mol. The predicted molar refractivity (Wildman–Crippen MR) is 102 cm³/mol. The molecule has 1 aliphatic heterocycles. The van der Waals surface area contributed by atoms with Gasteiger partial charge in [0.2, 0.25) is 0 Å². The van der Waals surface area contributed by atoms with E-state index in [1.165, 1.54) is 11.3 Å². The van der Waals surface area contributed by atoms with Crippen LogP contribution in [0.3, 0.4) is 0 Å². The number of rotatable bonds is 6. The summed E-state index contributed by atoms with van der Waals surface area (Å²) in [5.41, 5.74) is 0.718. The zero-order valence-electron chi connectivity index (χ0n) is 14.8. The number of hydrogen-bond acceptors (Lipinski definition) is 7. The highest BCUT2D eigenvalue weighted by Crippen LogP contribution is 2.26. The molecular weight excluding hydrogens is 370 g/mol. The largest absolute Gasteiger partial charge is 0.376 e. The summed E-state index contributed by atoms with van der Waals surface area (Å²) in [6, 6.07) is 1.59. The molecule has 1 atom stereocenters. The molecule has 0 unspecified atom stereocenters. The van der Waals surface area contributed by atoms with Crippen LogP contribution in [0.15, 0.2) is 27.6 Å². The molecule has 138 valence electrons. The van der Waals surface area contributed by atoms with Crippen molar-refractivity contribution in [1.82, 2.24) is 24.1 Å². The van der Waals surface area contributed by atoms with E-state index >= 15 is 0 Å². The van der Waals surface area contributed by atoms with Crippen molar-refractivity contribution in [2.75, 3.05) is 6.61 Å². The minimum Gasteiger partial charge on any atom is -0.376 e. The number of thioether (sulfide) groups is 1. The molecule has 0 aliphatic carbocycles. The van der Waals surface area contributed by atoms with Crippen molar-refractivity contribution in [2.45, 2.75) is 56.2 Å². The Labute approximate surface area is 159 Å². The number of fused-ring (bicyclic) bond motifs is 1. The Morgan fingerprint density at radius 3 is 3.08 bits per heavy atom. The van der Waals surface area contributed by atoms with Crippen LogP contribution in [0.4, 0.5) is 0 Å². The maximum absolute atomic E-state index is 12.1. The minimum absolute atomic E-state index is 0.0458. The number of aromatic nitrogens is 5. The molecule has 3 aromatic heterocycles. The molecule has 4 heterocycles. The van der Waals surface area contributed by atoms with Gasteiger partial charge in [-0.2, -0.15) is 0 Å². The Kier molecular flexibility index (Phi) is 5.10. The predicted octanol–water partition coefficient (Wildman–Crippen LogP) is 2.94. The average molecular weight is 392 g/mol. The van der Waals surface area contributed by atoms with Crippen molar-refractivity contribution in [2.24, 2.45) is 0 Å². The molecule has 7 nitrogen and oxygen atoms in total. The number of ether oxygens (including phenoxy) is 1. The summed E-state index contributed by atoms with van der Waals surface area (Å²) < 4.78 is 9.53. The zero-order valence-corrected chi connectivity index (χ0v) is 16.4. The van der Waals surface area contributed by atoms with Crippen LogP contribution in [0.2, 0.25) is 0 Å². The van der Waals surface area contributed by atoms with Crippen molar-refractivity contribution < 1.29 is 4.74 Å². The number of thiazole rings is 1. The van der Waals surface area contributed by atoms with Crippen LogP contribution in [-0.2, 0) is 17.0 Å². The molecular formula is C17H21N5O2S2. The zero-order chi connectivity index (χ0) is 18.1. The van der Waals surface area contributed by atoms with E-state index in [9.17, 15) is 4.79 Å². The summed E-state index contributed by atoms with van der Waals surface area (Å²) in [5, 5.41) is 11.5. The lowest BCUT2D eigenvalue weighted by molar-refractivity contribution is 0.0940. The number of nitrogens with zero attached hydrogens (tertiary/aromatic N) is 5. The van der Waals surface area contributed by atoms with Crippen LogP contribution in [0.5, 0.6) is 0 Å². The molecule has 0 aromatic carbocycles. The van der Waals surface area contributed by atoms with E-state index in [0.29, 0.717) is 11.7 Å². The molecule has 0 bridgehead atoms. The van der Waals surface area contributed by atoms with Crippen molar-refractivity contribution >= 4 is 28.1 Å². The second-order valence-corrected chi connectivity index (χ2v) is 8.49. The van der Waals surface area contributed by atoms with Gasteiger partial charge in [0.25, 0.3) is 5.56 Å². The molecule has 26 heavy (non-hydrogen) atoms. The highest BCUT2D eigenvalue weighted by Gasteiger charge is 2.22. The van der Waals surface area contributed by atoms with Gasteiger partial charge in [0.15, 0.2) is 10.1 Å². The lowest BCUT2D eigenvalue weighted by Gasteiger charge is -2.15. The van der Waals surface area contributed by atoms with Crippen LogP contribution in [0.1, 0.15) is 44.1 Å². The Hall–Kier alpha value is -1.71. The minimum atomic E-state index is -0.0458. The van der Waals surface area contributed by atoms with E-state index in [-0.39, 0.29) is 11.7 Å². The molecule has 1 fully saturated rings.